The van der Waals surface area contributed by atoms with Crippen molar-refractivity contribution in [3.8, 4) is 0 Å². The van der Waals surface area contributed by atoms with Gasteiger partial charge in [-0.1, -0.05) is 13.8 Å². The molecule has 0 aliphatic heterocycles. The van der Waals surface area contributed by atoms with Gasteiger partial charge in [0.1, 0.15) is 0 Å². The largest absolute Gasteiger partial charge is 0.324 e. The molecule has 2 rings (SSSR count). The molecular weight excluding hydrogens is 198 g/mol. The Morgan fingerprint density at radius 3 is 2.44 bits per heavy atom. The first-order valence-corrected chi connectivity index (χ1v) is 6.36. The van der Waals surface area contributed by atoms with Crippen LogP contribution < -0.4 is 5.73 Å². The summed E-state index contributed by atoms with van der Waals surface area (Å²) in [4.78, 5) is 0. The van der Waals surface area contributed by atoms with Crippen LogP contribution in [0.1, 0.15) is 57.7 Å². The zero-order chi connectivity index (χ0) is 11.7. The van der Waals surface area contributed by atoms with Gasteiger partial charge >= 0.3 is 0 Å². The summed E-state index contributed by atoms with van der Waals surface area (Å²) < 4.78 is 2.13. The number of rotatable bonds is 2. The van der Waals surface area contributed by atoms with E-state index in [1.54, 1.807) is 0 Å². The number of nitrogens with zero attached hydrogens (tertiary/aromatic N) is 2. The van der Waals surface area contributed by atoms with Crippen molar-refractivity contribution in [2.75, 3.05) is 0 Å². The topological polar surface area (TPSA) is 43.8 Å². The third-order valence-electron chi connectivity index (χ3n) is 3.68. The average Bonchev–Trinajstić information content (AvgIpc) is 2.64. The van der Waals surface area contributed by atoms with E-state index in [0.29, 0.717) is 6.04 Å². The lowest BCUT2D eigenvalue weighted by molar-refractivity contribution is 0.210. The maximum atomic E-state index is 5.86. The van der Waals surface area contributed by atoms with E-state index < -0.39 is 0 Å². The molecule has 1 aliphatic carbocycles. The Kier molecular flexibility index (Phi) is 3.33. The number of hydrogen-bond acceptors (Lipinski definition) is 2. The first-order chi connectivity index (χ1) is 7.56. The third-order valence-corrected chi connectivity index (χ3v) is 3.68. The second-order valence-electron chi connectivity index (χ2n) is 5.61. The normalized spacial score (nSPS) is 32.6. The van der Waals surface area contributed by atoms with E-state index in [0.717, 1.165) is 17.4 Å². The SMILES string of the molecule is CC1CC(C)CC(n2cc(C(C)N)cn2)C1. The lowest BCUT2D eigenvalue weighted by Gasteiger charge is -2.31. The molecule has 1 fully saturated rings. The van der Waals surface area contributed by atoms with Crippen LogP contribution in [0.5, 0.6) is 0 Å². The van der Waals surface area contributed by atoms with Crippen LogP contribution in [0.3, 0.4) is 0 Å². The van der Waals surface area contributed by atoms with Gasteiger partial charge in [0.05, 0.1) is 12.2 Å². The summed E-state index contributed by atoms with van der Waals surface area (Å²) in [6.45, 7) is 6.70. The number of aromatic nitrogens is 2. The molecule has 1 aliphatic rings. The summed E-state index contributed by atoms with van der Waals surface area (Å²) >= 11 is 0. The zero-order valence-electron chi connectivity index (χ0n) is 10.6. The summed E-state index contributed by atoms with van der Waals surface area (Å²) in [5, 5.41) is 4.47. The second kappa shape index (κ2) is 4.58. The minimum atomic E-state index is 0.0900. The van der Waals surface area contributed by atoms with Crippen LogP contribution in [0.4, 0.5) is 0 Å². The Labute approximate surface area is 98.0 Å². The van der Waals surface area contributed by atoms with E-state index >= 15 is 0 Å². The van der Waals surface area contributed by atoms with Crippen molar-refractivity contribution < 1.29 is 0 Å². The first-order valence-electron chi connectivity index (χ1n) is 6.36. The van der Waals surface area contributed by atoms with Crippen LogP contribution >= 0.6 is 0 Å². The Balaban J connectivity index is 2.10. The minimum absolute atomic E-state index is 0.0900. The molecular formula is C13H23N3. The molecule has 1 aromatic rings. The molecule has 0 amide bonds. The quantitative estimate of drug-likeness (QED) is 0.834. The summed E-state index contributed by atoms with van der Waals surface area (Å²) in [5.41, 5.74) is 7.00. The lowest BCUT2D eigenvalue weighted by Crippen LogP contribution is -2.22. The van der Waals surface area contributed by atoms with Crippen molar-refractivity contribution in [1.29, 1.82) is 0 Å². The van der Waals surface area contributed by atoms with Gasteiger partial charge in [-0.05, 0) is 38.0 Å². The van der Waals surface area contributed by atoms with Gasteiger partial charge in [-0.3, -0.25) is 4.68 Å². The molecule has 0 saturated heterocycles. The molecule has 0 radical (unpaired) electrons. The van der Waals surface area contributed by atoms with Gasteiger partial charge in [0, 0.05) is 17.8 Å². The Bertz CT molecular complexity index is 333. The fourth-order valence-electron chi connectivity index (χ4n) is 2.91. The lowest BCUT2D eigenvalue weighted by atomic mass is 9.80. The molecule has 1 heterocycles. The van der Waals surface area contributed by atoms with Crippen molar-refractivity contribution in [2.45, 2.75) is 52.1 Å². The van der Waals surface area contributed by atoms with Crippen LogP contribution in [0.2, 0.25) is 0 Å². The maximum Gasteiger partial charge on any atom is 0.0537 e. The van der Waals surface area contributed by atoms with Crippen molar-refractivity contribution in [3.63, 3.8) is 0 Å². The third kappa shape index (κ3) is 2.46. The molecule has 0 spiro atoms. The highest BCUT2D eigenvalue weighted by Crippen LogP contribution is 2.35. The molecule has 16 heavy (non-hydrogen) atoms. The Hall–Kier alpha value is -0.830. The van der Waals surface area contributed by atoms with E-state index in [4.69, 9.17) is 5.73 Å². The van der Waals surface area contributed by atoms with E-state index in [1.165, 1.54) is 19.3 Å². The predicted octanol–water partition coefficient (Wildman–Crippen LogP) is 2.90. The zero-order valence-corrected chi connectivity index (χ0v) is 10.6. The van der Waals surface area contributed by atoms with Gasteiger partial charge in [0.2, 0.25) is 0 Å². The van der Waals surface area contributed by atoms with Crippen LogP contribution in [0.15, 0.2) is 12.4 Å². The van der Waals surface area contributed by atoms with Gasteiger partial charge in [0.15, 0.2) is 0 Å². The molecule has 3 atom stereocenters. The fourth-order valence-corrected chi connectivity index (χ4v) is 2.91. The second-order valence-corrected chi connectivity index (χ2v) is 5.61. The highest BCUT2D eigenvalue weighted by Gasteiger charge is 2.25. The van der Waals surface area contributed by atoms with Crippen LogP contribution in [-0.2, 0) is 0 Å². The molecule has 3 unspecified atom stereocenters. The number of hydrogen-bond donors (Lipinski definition) is 1. The van der Waals surface area contributed by atoms with E-state index in [9.17, 15) is 0 Å². The standard InChI is InChI=1S/C13H23N3/c1-9-4-10(2)6-13(5-9)16-8-12(7-15-16)11(3)14/h7-11,13H,4-6,14H2,1-3H3. The molecule has 3 nitrogen and oxygen atoms in total. The van der Waals surface area contributed by atoms with E-state index in [1.807, 2.05) is 13.1 Å². The molecule has 2 N–H and O–H groups in total. The molecule has 90 valence electrons. The summed E-state index contributed by atoms with van der Waals surface area (Å²) in [5.74, 6) is 1.63. The highest BCUT2D eigenvalue weighted by atomic mass is 15.3. The van der Waals surface area contributed by atoms with Gasteiger partial charge in [-0.2, -0.15) is 5.10 Å². The summed E-state index contributed by atoms with van der Waals surface area (Å²) in [7, 11) is 0. The van der Waals surface area contributed by atoms with Gasteiger partial charge in [0.25, 0.3) is 0 Å². The summed E-state index contributed by atoms with van der Waals surface area (Å²) in [6, 6.07) is 0.665. The van der Waals surface area contributed by atoms with E-state index in [2.05, 4.69) is 29.8 Å². The van der Waals surface area contributed by atoms with Crippen LogP contribution in [-0.4, -0.2) is 9.78 Å². The predicted molar refractivity (Wildman–Crippen MR) is 66.0 cm³/mol. The fraction of sp³-hybridized carbons (Fsp3) is 0.769. The molecule has 3 heteroatoms. The Morgan fingerprint density at radius 2 is 1.94 bits per heavy atom. The van der Waals surface area contributed by atoms with Gasteiger partial charge in [-0.15, -0.1) is 0 Å². The first kappa shape index (κ1) is 11.6. The average molecular weight is 221 g/mol. The van der Waals surface area contributed by atoms with Crippen LogP contribution in [0, 0.1) is 11.8 Å². The number of nitrogens with two attached hydrogens (primary N) is 1. The Morgan fingerprint density at radius 1 is 1.31 bits per heavy atom. The van der Waals surface area contributed by atoms with Crippen molar-refractivity contribution in [3.05, 3.63) is 18.0 Å². The monoisotopic (exact) mass is 221 g/mol. The smallest absolute Gasteiger partial charge is 0.0537 e. The van der Waals surface area contributed by atoms with E-state index in [-0.39, 0.29) is 6.04 Å². The highest BCUT2D eigenvalue weighted by molar-refractivity contribution is 5.09. The van der Waals surface area contributed by atoms with Gasteiger partial charge < -0.3 is 5.73 Å². The molecule has 0 bridgehead atoms. The maximum absolute atomic E-state index is 5.86. The molecule has 1 aromatic heterocycles. The van der Waals surface area contributed by atoms with Crippen LogP contribution in [0.25, 0.3) is 0 Å². The summed E-state index contributed by atoms with van der Waals surface area (Å²) in [6.07, 6.45) is 7.90. The van der Waals surface area contributed by atoms with Crippen molar-refractivity contribution in [1.82, 2.24) is 9.78 Å². The molecule has 1 saturated carbocycles. The van der Waals surface area contributed by atoms with Gasteiger partial charge in [-0.25, -0.2) is 0 Å². The van der Waals surface area contributed by atoms with Crippen molar-refractivity contribution in [2.24, 2.45) is 17.6 Å². The minimum Gasteiger partial charge on any atom is -0.324 e. The molecule has 0 aromatic carbocycles. The van der Waals surface area contributed by atoms with Crippen molar-refractivity contribution >= 4 is 0 Å².